The van der Waals surface area contributed by atoms with Crippen LogP contribution in [0, 0.1) is 6.92 Å². The molecular formula is C23H24N8O2. The Morgan fingerprint density at radius 3 is 2.73 bits per heavy atom. The Kier molecular flexibility index (Phi) is 5.90. The number of hydrogen-bond donors (Lipinski definition) is 1. The second kappa shape index (κ2) is 9.29. The zero-order chi connectivity index (χ0) is 22.6. The number of nitrogens with one attached hydrogen (secondary N) is 1. The van der Waals surface area contributed by atoms with E-state index in [1.54, 1.807) is 40.3 Å². The molecule has 0 aliphatic carbocycles. The lowest BCUT2D eigenvalue weighted by Crippen LogP contribution is -2.19. The van der Waals surface area contributed by atoms with Crippen molar-refractivity contribution in [2.75, 3.05) is 18.5 Å². The SMILES string of the molecule is Cc1c(NC(=O)c2cn(-c3cccnc3)nc2C2CCOCC2)nnn1Cc1ccncc1. The standard InChI is InChI=1S/C23H24N8O2/c1-16-22(27-29-30(16)14-17-4-9-24-10-5-17)26-23(32)20-15-31(19-3-2-8-25-13-19)28-21(20)18-6-11-33-12-7-18/h2-5,8-10,13,15,18H,6-7,11-12,14H2,1H3,(H,26,32). The molecule has 4 aromatic heterocycles. The van der Waals surface area contributed by atoms with Crippen molar-refractivity contribution >= 4 is 11.7 Å². The molecule has 168 valence electrons. The quantitative estimate of drug-likeness (QED) is 0.486. The summed E-state index contributed by atoms with van der Waals surface area (Å²) in [5, 5.41) is 16.1. The minimum absolute atomic E-state index is 0.154. The van der Waals surface area contributed by atoms with E-state index in [0.717, 1.165) is 35.5 Å². The number of rotatable bonds is 6. The van der Waals surface area contributed by atoms with E-state index < -0.39 is 0 Å². The average Bonchev–Trinajstić information content (AvgIpc) is 3.46. The molecule has 0 bridgehead atoms. The summed E-state index contributed by atoms with van der Waals surface area (Å²) in [5.74, 6) is 0.327. The molecule has 33 heavy (non-hydrogen) atoms. The first-order valence-electron chi connectivity index (χ1n) is 10.9. The first-order valence-corrected chi connectivity index (χ1v) is 10.9. The first-order chi connectivity index (χ1) is 16.2. The summed E-state index contributed by atoms with van der Waals surface area (Å²) in [6, 6.07) is 7.60. The van der Waals surface area contributed by atoms with Gasteiger partial charge in [0.1, 0.15) is 0 Å². The number of aromatic nitrogens is 7. The lowest BCUT2D eigenvalue weighted by molar-refractivity contribution is 0.0837. The highest BCUT2D eigenvalue weighted by Crippen LogP contribution is 2.29. The van der Waals surface area contributed by atoms with E-state index in [1.165, 1.54) is 0 Å². The van der Waals surface area contributed by atoms with Gasteiger partial charge in [-0.05, 0) is 49.6 Å². The van der Waals surface area contributed by atoms with E-state index in [0.29, 0.717) is 31.1 Å². The van der Waals surface area contributed by atoms with Gasteiger partial charge in [0.15, 0.2) is 5.82 Å². The highest BCUT2D eigenvalue weighted by atomic mass is 16.5. The van der Waals surface area contributed by atoms with Crippen molar-refractivity contribution in [2.24, 2.45) is 0 Å². The van der Waals surface area contributed by atoms with Crippen molar-refractivity contribution in [3.05, 3.63) is 77.8 Å². The molecule has 5 heterocycles. The summed E-state index contributed by atoms with van der Waals surface area (Å²) < 4.78 is 8.97. The van der Waals surface area contributed by atoms with Crippen LogP contribution in [0.25, 0.3) is 5.69 Å². The third kappa shape index (κ3) is 4.51. The van der Waals surface area contributed by atoms with E-state index in [-0.39, 0.29) is 11.8 Å². The number of ether oxygens (including phenoxy) is 1. The van der Waals surface area contributed by atoms with Crippen molar-refractivity contribution in [1.29, 1.82) is 0 Å². The van der Waals surface area contributed by atoms with Gasteiger partial charge in [0, 0.05) is 43.9 Å². The average molecular weight is 444 g/mol. The Bertz CT molecular complexity index is 1230. The number of anilines is 1. The molecule has 1 aliphatic heterocycles. The lowest BCUT2D eigenvalue weighted by Gasteiger charge is -2.21. The number of amides is 1. The van der Waals surface area contributed by atoms with Crippen LogP contribution in [0.4, 0.5) is 5.82 Å². The highest BCUT2D eigenvalue weighted by molar-refractivity contribution is 6.04. The number of carbonyl (C=O) groups is 1. The van der Waals surface area contributed by atoms with Gasteiger partial charge < -0.3 is 10.1 Å². The maximum atomic E-state index is 13.3. The molecule has 0 aromatic carbocycles. The third-order valence-electron chi connectivity index (χ3n) is 5.80. The summed E-state index contributed by atoms with van der Waals surface area (Å²) >= 11 is 0. The van der Waals surface area contributed by atoms with E-state index in [9.17, 15) is 4.79 Å². The van der Waals surface area contributed by atoms with Gasteiger partial charge in [-0.2, -0.15) is 5.10 Å². The molecule has 1 N–H and O–H groups in total. The van der Waals surface area contributed by atoms with Crippen LogP contribution in [0.1, 0.15) is 46.1 Å². The van der Waals surface area contributed by atoms with Crippen LogP contribution in [-0.4, -0.2) is 53.9 Å². The first kappa shape index (κ1) is 21.0. The van der Waals surface area contributed by atoms with Crippen LogP contribution < -0.4 is 5.32 Å². The second-order valence-electron chi connectivity index (χ2n) is 7.96. The molecule has 1 fully saturated rings. The Labute approximate surface area is 190 Å². The van der Waals surface area contributed by atoms with E-state index >= 15 is 0 Å². The van der Waals surface area contributed by atoms with Gasteiger partial charge in [0.2, 0.25) is 0 Å². The van der Waals surface area contributed by atoms with Gasteiger partial charge in [-0.25, -0.2) is 9.36 Å². The van der Waals surface area contributed by atoms with Crippen molar-refractivity contribution in [3.63, 3.8) is 0 Å². The number of nitrogens with zero attached hydrogens (tertiary/aromatic N) is 7. The number of carbonyl (C=O) groups excluding carboxylic acids is 1. The van der Waals surface area contributed by atoms with E-state index in [1.807, 2.05) is 31.2 Å². The molecule has 10 nitrogen and oxygen atoms in total. The minimum Gasteiger partial charge on any atom is -0.381 e. The second-order valence-corrected chi connectivity index (χ2v) is 7.96. The zero-order valence-corrected chi connectivity index (χ0v) is 18.3. The molecule has 1 aliphatic rings. The van der Waals surface area contributed by atoms with Gasteiger partial charge in [0.05, 0.1) is 35.4 Å². The van der Waals surface area contributed by atoms with Crippen molar-refractivity contribution in [2.45, 2.75) is 32.2 Å². The van der Waals surface area contributed by atoms with Crippen molar-refractivity contribution in [3.8, 4) is 5.69 Å². The summed E-state index contributed by atoms with van der Waals surface area (Å²) in [7, 11) is 0. The third-order valence-corrected chi connectivity index (χ3v) is 5.80. The van der Waals surface area contributed by atoms with E-state index in [2.05, 4.69) is 25.6 Å². The van der Waals surface area contributed by atoms with Crippen LogP contribution in [0.3, 0.4) is 0 Å². The fourth-order valence-corrected chi connectivity index (χ4v) is 3.92. The van der Waals surface area contributed by atoms with Crippen LogP contribution in [-0.2, 0) is 11.3 Å². The molecule has 5 rings (SSSR count). The van der Waals surface area contributed by atoms with E-state index in [4.69, 9.17) is 9.84 Å². The van der Waals surface area contributed by atoms with Crippen LogP contribution in [0.15, 0.2) is 55.2 Å². The van der Waals surface area contributed by atoms with Crippen LogP contribution in [0.5, 0.6) is 0 Å². The summed E-state index contributed by atoms with van der Waals surface area (Å²) in [6.45, 7) is 3.75. The molecule has 0 spiro atoms. The summed E-state index contributed by atoms with van der Waals surface area (Å²) in [5.41, 5.74) is 3.91. The van der Waals surface area contributed by atoms with Gasteiger partial charge in [-0.3, -0.25) is 14.8 Å². The molecule has 1 amide bonds. The molecule has 0 saturated carbocycles. The van der Waals surface area contributed by atoms with Crippen molar-refractivity contribution < 1.29 is 9.53 Å². The maximum absolute atomic E-state index is 13.3. The smallest absolute Gasteiger partial charge is 0.260 e. The number of hydrogen-bond acceptors (Lipinski definition) is 7. The van der Waals surface area contributed by atoms with Gasteiger partial charge in [0.25, 0.3) is 5.91 Å². The molecule has 0 atom stereocenters. The largest absolute Gasteiger partial charge is 0.381 e. The Morgan fingerprint density at radius 1 is 1.15 bits per heavy atom. The molecular weight excluding hydrogens is 420 g/mol. The Balaban J connectivity index is 1.41. The number of pyridine rings is 2. The fraction of sp³-hybridized carbons (Fsp3) is 0.304. The fourth-order valence-electron chi connectivity index (χ4n) is 3.92. The molecule has 0 unspecified atom stereocenters. The monoisotopic (exact) mass is 444 g/mol. The summed E-state index contributed by atoms with van der Waals surface area (Å²) in [6.07, 6.45) is 10.3. The van der Waals surface area contributed by atoms with Crippen molar-refractivity contribution in [1.82, 2.24) is 34.7 Å². The minimum atomic E-state index is -0.259. The van der Waals surface area contributed by atoms with Gasteiger partial charge in [-0.1, -0.05) is 5.21 Å². The topological polar surface area (TPSA) is 113 Å². The predicted molar refractivity (Wildman–Crippen MR) is 120 cm³/mol. The Hall–Kier alpha value is -3.92. The lowest BCUT2D eigenvalue weighted by atomic mass is 9.94. The highest BCUT2D eigenvalue weighted by Gasteiger charge is 2.27. The van der Waals surface area contributed by atoms with Gasteiger partial charge >= 0.3 is 0 Å². The molecule has 0 radical (unpaired) electrons. The van der Waals surface area contributed by atoms with Gasteiger partial charge in [-0.15, -0.1) is 5.10 Å². The maximum Gasteiger partial charge on any atom is 0.260 e. The van der Waals surface area contributed by atoms with Crippen LogP contribution in [0.2, 0.25) is 0 Å². The molecule has 10 heteroatoms. The molecule has 1 saturated heterocycles. The Morgan fingerprint density at radius 2 is 1.97 bits per heavy atom. The molecule has 4 aromatic rings. The normalized spacial score (nSPS) is 14.3. The van der Waals surface area contributed by atoms with Crippen LogP contribution >= 0.6 is 0 Å². The zero-order valence-electron chi connectivity index (χ0n) is 18.3. The predicted octanol–water partition coefficient (Wildman–Crippen LogP) is 2.76. The summed E-state index contributed by atoms with van der Waals surface area (Å²) in [4.78, 5) is 21.5.